The van der Waals surface area contributed by atoms with Gasteiger partial charge in [-0.3, -0.25) is 10.3 Å². The molecule has 14 heavy (non-hydrogen) atoms. The Hall–Kier alpha value is -0.400. The van der Waals surface area contributed by atoms with Crippen molar-refractivity contribution >= 4 is 9.24 Å². The molecular formula is C10H19FNOP. The number of nitrogens with zero attached hydrogens (tertiary/aromatic N) is 1. The second-order valence-electron chi connectivity index (χ2n) is 3.24. The molecule has 0 aromatic carbocycles. The lowest BCUT2D eigenvalue weighted by Gasteiger charge is -2.18. The van der Waals surface area contributed by atoms with Crippen molar-refractivity contribution in [3.8, 4) is 0 Å². The number of unbranched alkanes of at least 4 members (excludes halogenated alkanes) is 1. The fraction of sp³-hybridized carbons (Fsp3) is 0.600. The van der Waals surface area contributed by atoms with E-state index >= 15 is 0 Å². The van der Waals surface area contributed by atoms with E-state index in [1.54, 1.807) is 0 Å². The van der Waals surface area contributed by atoms with Crippen LogP contribution in [-0.4, -0.2) is 16.8 Å². The van der Waals surface area contributed by atoms with Crippen LogP contribution in [0.3, 0.4) is 0 Å². The first-order chi connectivity index (χ1) is 6.61. The van der Waals surface area contributed by atoms with Crippen molar-refractivity contribution in [3.05, 3.63) is 23.9 Å². The first kappa shape index (κ1) is 13.6. The van der Waals surface area contributed by atoms with Crippen LogP contribution in [0.4, 0.5) is 4.39 Å². The maximum Gasteiger partial charge on any atom is 0.108 e. The minimum Gasteiger partial charge on any atom is -0.289 e. The van der Waals surface area contributed by atoms with Gasteiger partial charge in [0.1, 0.15) is 6.33 Å². The summed E-state index contributed by atoms with van der Waals surface area (Å²) in [6.45, 7) is 6.20. The summed E-state index contributed by atoms with van der Waals surface area (Å²) in [7, 11) is 2.47. The highest BCUT2D eigenvalue weighted by Crippen LogP contribution is 2.17. The molecule has 1 atom stereocenters. The second kappa shape index (κ2) is 7.95. The smallest absolute Gasteiger partial charge is 0.108 e. The van der Waals surface area contributed by atoms with E-state index < -0.39 is 0 Å². The molecule has 1 N–H and O–H groups in total. The van der Waals surface area contributed by atoms with E-state index in [2.05, 4.69) is 15.8 Å². The molecule has 82 valence electrons. The lowest BCUT2D eigenvalue weighted by Crippen LogP contribution is -2.19. The molecule has 0 bridgehead atoms. The van der Waals surface area contributed by atoms with Crippen LogP contribution in [0.25, 0.3) is 0 Å². The fourth-order valence-electron chi connectivity index (χ4n) is 0.980. The van der Waals surface area contributed by atoms with Gasteiger partial charge in [-0.05, 0) is 19.3 Å². The van der Waals surface area contributed by atoms with Crippen LogP contribution in [-0.2, 0) is 0 Å². The summed E-state index contributed by atoms with van der Waals surface area (Å²) in [6.07, 6.45) is 3.45. The molecule has 0 radical (unpaired) electrons. The maximum absolute atomic E-state index is 12.4. The summed E-state index contributed by atoms with van der Waals surface area (Å²) < 4.78 is 12.4. The molecule has 0 saturated heterocycles. The van der Waals surface area contributed by atoms with Gasteiger partial charge < -0.3 is 0 Å². The molecule has 0 heterocycles. The van der Waals surface area contributed by atoms with E-state index in [0.29, 0.717) is 31.4 Å². The predicted molar refractivity (Wildman–Crippen MR) is 60.7 cm³/mol. The van der Waals surface area contributed by atoms with Crippen LogP contribution in [0.1, 0.15) is 32.6 Å². The third-order valence-corrected chi connectivity index (χ3v) is 2.17. The average molecular weight is 219 g/mol. The normalized spacial score (nSPS) is 11.6. The molecule has 0 aromatic rings. The monoisotopic (exact) mass is 219 g/mol. The molecule has 0 aliphatic heterocycles. The Bertz CT molecular complexity index is 206. The van der Waals surface area contributed by atoms with Gasteiger partial charge in [-0.1, -0.05) is 25.2 Å². The third kappa shape index (κ3) is 6.11. The van der Waals surface area contributed by atoms with Gasteiger partial charge in [0.15, 0.2) is 0 Å². The first-order valence-corrected chi connectivity index (χ1v) is 5.38. The molecule has 0 spiro atoms. The van der Waals surface area contributed by atoms with Crippen molar-refractivity contribution in [1.82, 2.24) is 5.06 Å². The van der Waals surface area contributed by atoms with Gasteiger partial charge in [0.2, 0.25) is 0 Å². The third-order valence-electron chi connectivity index (χ3n) is 1.88. The Morgan fingerprint density at radius 1 is 1.57 bits per heavy atom. The van der Waals surface area contributed by atoms with Crippen LogP contribution in [0.5, 0.6) is 0 Å². The van der Waals surface area contributed by atoms with E-state index in [-0.39, 0.29) is 0 Å². The highest BCUT2D eigenvalue weighted by molar-refractivity contribution is 7.22. The molecule has 0 aliphatic carbocycles. The zero-order chi connectivity index (χ0) is 11.0. The van der Waals surface area contributed by atoms with Crippen molar-refractivity contribution < 1.29 is 9.60 Å². The van der Waals surface area contributed by atoms with E-state index in [9.17, 15) is 9.60 Å². The van der Waals surface area contributed by atoms with Gasteiger partial charge in [-0.15, -0.1) is 9.24 Å². The quantitative estimate of drug-likeness (QED) is 0.523. The van der Waals surface area contributed by atoms with Gasteiger partial charge in [-0.25, -0.2) is 4.39 Å². The predicted octanol–water partition coefficient (Wildman–Crippen LogP) is 3.46. The maximum atomic E-state index is 12.4. The molecule has 2 nitrogen and oxygen atoms in total. The molecule has 4 heteroatoms. The van der Waals surface area contributed by atoms with Crippen LogP contribution >= 0.6 is 9.24 Å². The highest BCUT2D eigenvalue weighted by Gasteiger charge is 2.06. The van der Waals surface area contributed by atoms with Crippen molar-refractivity contribution in [3.63, 3.8) is 0 Å². The second-order valence-corrected chi connectivity index (χ2v) is 4.05. The summed E-state index contributed by atoms with van der Waals surface area (Å²) in [4.78, 5) is 0. The summed E-state index contributed by atoms with van der Waals surface area (Å²) in [5, 5.41) is 11.3. The highest BCUT2D eigenvalue weighted by atomic mass is 31.0. The van der Waals surface area contributed by atoms with E-state index in [0.717, 1.165) is 23.2 Å². The topological polar surface area (TPSA) is 23.5 Å². The Kier molecular flexibility index (Phi) is 7.73. The first-order valence-electron chi connectivity index (χ1n) is 4.80. The summed E-state index contributed by atoms with van der Waals surface area (Å²) in [6, 6.07) is 0. The van der Waals surface area contributed by atoms with Crippen molar-refractivity contribution in [2.24, 2.45) is 0 Å². The minimum atomic E-state index is 0.321. The van der Waals surface area contributed by atoms with E-state index in [4.69, 9.17) is 0 Å². The Morgan fingerprint density at radius 2 is 2.21 bits per heavy atom. The molecule has 0 aliphatic rings. The number of hydroxylamine groups is 2. The average Bonchev–Trinajstić information content (AvgIpc) is 2.15. The van der Waals surface area contributed by atoms with E-state index in [1.807, 2.05) is 6.92 Å². The lowest BCUT2D eigenvalue weighted by molar-refractivity contribution is -0.0604. The van der Waals surface area contributed by atoms with Gasteiger partial charge in [0.25, 0.3) is 0 Å². The van der Waals surface area contributed by atoms with Crippen molar-refractivity contribution in [2.75, 3.05) is 6.54 Å². The molecule has 0 saturated carbocycles. The number of allylic oxidation sites excluding steroid dienone is 2. The van der Waals surface area contributed by atoms with Gasteiger partial charge in [0, 0.05) is 6.54 Å². The minimum absolute atomic E-state index is 0.321. The van der Waals surface area contributed by atoms with Crippen LogP contribution < -0.4 is 0 Å². The Labute approximate surface area is 87.6 Å². The fourth-order valence-corrected chi connectivity index (χ4v) is 1.12. The summed E-state index contributed by atoms with van der Waals surface area (Å²) in [5.74, 6) is 0. The number of hydrogen-bond acceptors (Lipinski definition) is 2. The van der Waals surface area contributed by atoms with Gasteiger partial charge >= 0.3 is 0 Å². The molecule has 1 unspecified atom stereocenters. The number of halogens is 1. The zero-order valence-corrected chi connectivity index (χ0v) is 9.82. The van der Waals surface area contributed by atoms with Gasteiger partial charge in [0.05, 0.1) is 5.70 Å². The lowest BCUT2D eigenvalue weighted by atomic mass is 10.2. The summed E-state index contributed by atoms with van der Waals surface area (Å²) >= 11 is 0. The van der Waals surface area contributed by atoms with Crippen molar-refractivity contribution in [2.45, 2.75) is 32.6 Å². The zero-order valence-electron chi connectivity index (χ0n) is 8.67. The molecular weight excluding hydrogens is 200 g/mol. The molecule has 0 aromatic heterocycles. The molecule has 0 fully saturated rings. The van der Waals surface area contributed by atoms with Crippen LogP contribution in [0.2, 0.25) is 0 Å². The Balaban J connectivity index is 3.94. The number of hydrogen-bond donors (Lipinski definition) is 1. The summed E-state index contributed by atoms with van der Waals surface area (Å²) in [5.41, 5.74) is 0.321. The van der Waals surface area contributed by atoms with Crippen LogP contribution in [0.15, 0.2) is 23.9 Å². The standard InChI is InChI=1S/C10H19FNOP/c1-3-4-7-12(13)10(8-11)6-5-9(2)14/h8,13H,2-7,14H2,1H3. The SMILES string of the molecule is C=C(P)CCC(=CF)N(O)CCCC. The molecule has 0 amide bonds. The molecule has 0 rings (SSSR count). The van der Waals surface area contributed by atoms with Gasteiger partial charge in [-0.2, -0.15) is 0 Å². The van der Waals surface area contributed by atoms with Crippen molar-refractivity contribution in [1.29, 1.82) is 0 Å². The van der Waals surface area contributed by atoms with E-state index in [1.165, 1.54) is 0 Å². The van der Waals surface area contributed by atoms with Crippen LogP contribution in [0, 0.1) is 0 Å². The largest absolute Gasteiger partial charge is 0.289 e. The number of rotatable bonds is 7. The Morgan fingerprint density at radius 3 is 2.64 bits per heavy atom.